The number of nitrogen functional groups attached to an aromatic ring is 1. The molecule has 0 spiro atoms. The van der Waals surface area contributed by atoms with Crippen LogP contribution in [0.4, 0.5) is 11.4 Å². The predicted molar refractivity (Wildman–Crippen MR) is 80.7 cm³/mol. The second kappa shape index (κ2) is 7.26. The van der Waals surface area contributed by atoms with Gasteiger partial charge in [-0.3, -0.25) is 4.79 Å². The molecule has 0 aromatic heterocycles. The molecule has 0 bridgehead atoms. The van der Waals surface area contributed by atoms with E-state index in [1.165, 1.54) is 0 Å². The standard InChI is InChI=1S/C15H24N2O3/c1-11-9-12(16)5-6-13(11)17-14(18)10-20-8-7-15(2,3)19-4/h5-6,9H,7-8,10,16H2,1-4H3,(H,17,18). The number of anilines is 2. The number of carbonyl (C=O) groups is 1. The van der Waals surface area contributed by atoms with Gasteiger partial charge >= 0.3 is 0 Å². The van der Waals surface area contributed by atoms with Gasteiger partial charge in [-0.1, -0.05) is 0 Å². The maximum atomic E-state index is 11.7. The molecule has 0 radical (unpaired) electrons. The highest BCUT2D eigenvalue weighted by Crippen LogP contribution is 2.17. The summed E-state index contributed by atoms with van der Waals surface area (Å²) in [5.74, 6) is -0.173. The lowest BCUT2D eigenvalue weighted by atomic mass is 10.1. The minimum Gasteiger partial charge on any atom is -0.399 e. The van der Waals surface area contributed by atoms with Gasteiger partial charge in [0, 0.05) is 25.1 Å². The van der Waals surface area contributed by atoms with Gasteiger partial charge < -0.3 is 20.5 Å². The maximum Gasteiger partial charge on any atom is 0.250 e. The topological polar surface area (TPSA) is 73.6 Å². The first kappa shape index (κ1) is 16.5. The van der Waals surface area contributed by atoms with Crippen molar-refractivity contribution in [1.29, 1.82) is 0 Å². The monoisotopic (exact) mass is 280 g/mol. The molecule has 0 atom stereocenters. The van der Waals surface area contributed by atoms with Crippen LogP contribution in [0.15, 0.2) is 18.2 Å². The van der Waals surface area contributed by atoms with E-state index < -0.39 is 0 Å². The van der Waals surface area contributed by atoms with Gasteiger partial charge in [0.2, 0.25) is 5.91 Å². The summed E-state index contributed by atoms with van der Waals surface area (Å²) in [6, 6.07) is 5.36. The number of ether oxygens (including phenoxy) is 2. The van der Waals surface area contributed by atoms with E-state index in [0.29, 0.717) is 12.3 Å². The largest absolute Gasteiger partial charge is 0.399 e. The fourth-order valence-electron chi connectivity index (χ4n) is 1.60. The highest BCUT2D eigenvalue weighted by Gasteiger charge is 2.16. The van der Waals surface area contributed by atoms with Crippen LogP contribution in [-0.4, -0.2) is 31.8 Å². The quantitative estimate of drug-likeness (QED) is 0.594. The first-order valence-corrected chi connectivity index (χ1v) is 6.63. The van der Waals surface area contributed by atoms with Crippen molar-refractivity contribution in [2.75, 3.05) is 31.4 Å². The van der Waals surface area contributed by atoms with E-state index in [2.05, 4.69) is 5.32 Å². The van der Waals surface area contributed by atoms with Crippen molar-refractivity contribution < 1.29 is 14.3 Å². The van der Waals surface area contributed by atoms with Crippen molar-refractivity contribution in [2.45, 2.75) is 32.8 Å². The van der Waals surface area contributed by atoms with Crippen LogP contribution in [0, 0.1) is 6.92 Å². The van der Waals surface area contributed by atoms with Crippen LogP contribution in [0.3, 0.4) is 0 Å². The molecule has 1 aromatic carbocycles. The zero-order valence-corrected chi connectivity index (χ0v) is 12.7. The molecule has 20 heavy (non-hydrogen) atoms. The number of benzene rings is 1. The van der Waals surface area contributed by atoms with Crippen LogP contribution in [-0.2, 0) is 14.3 Å². The summed E-state index contributed by atoms with van der Waals surface area (Å²) < 4.78 is 10.6. The minimum absolute atomic E-state index is 0.0314. The summed E-state index contributed by atoms with van der Waals surface area (Å²) in [5, 5.41) is 2.80. The molecule has 112 valence electrons. The molecule has 1 aromatic rings. The summed E-state index contributed by atoms with van der Waals surface area (Å²) >= 11 is 0. The van der Waals surface area contributed by atoms with Gasteiger partial charge in [-0.15, -0.1) is 0 Å². The minimum atomic E-state index is -0.232. The average Bonchev–Trinajstić information content (AvgIpc) is 2.38. The smallest absolute Gasteiger partial charge is 0.250 e. The summed E-state index contributed by atoms with van der Waals surface area (Å²) in [6.45, 7) is 6.37. The lowest BCUT2D eigenvalue weighted by Gasteiger charge is -2.22. The first-order valence-electron chi connectivity index (χ1n) is 6.63. The molecule has 3 N–H and O–H groups in total. The van der Waals surface area contributed by atoms with Gasteiger partial charge in [0.25, 0.3) is 0 Å². The Labute approximate surface area is 120 Å². The van der Waals surface area contributed by atoms with E-state index in [4.69, 9.17) is 15.2 Å². The third kappa shape index (κ3) is 5.59. The number of nitrogens with two attached hydrogens (primary N) is 1. The zero-order valence-electron chi connectivity index (χ0n) is 12.7. The van der Waals surface area contributed by atoms with E-state index in [0.717, 1.165) is 17.7 Å². The number of nitrogens with one attached hydrogen (secondary N) is 1. The van der Waals surface area contributed by atoms with Gasteiger partial charge in [-0.2, -0.15) is 0 Å². The zero-order chi connectivity index (χ0) is 15.2. The first-order chi connectivity index (χ1) is 9.34. The Kier molecular flexibility index (Phi) is 5.98. The molecular formula is C15H24N2O3. The molecule has 1 amide bonds. The Bertz CT molecular complexity index is 458. The van der Waals surface area contributed by atoms with Crippen LogP contribution in [0.5, 0.6) is 0 Å². The van der Waals surface area contributed by atoms with Crippen molar-refractivity contribution in [3.63, 3.8) is 0 Å². The average molecular weight is 280 g/mol. The number of hydrogen-bond donors (Lipinski definition) is 2. The molecule has 1 rings (SSSR count). The van der Waals surface area contributed by atoms with Gasteiger partial charge in [-0.05, 0) is 51.0 Å². The Morgan fingerprint density at radius 2 is 2.10 bits per heavy atom. The van der Waals surface area contributed by atoms with Gasteiger partial charge in [0.05, 0.1) is 5.60 Å². The van der Waals surface area contributed by atoms with Crippen LogP contribution in [0.25, 0.3) is 0 Å². The summed E-state index contributed by atoms with van der Waals surface area (Å²) in [5.41, 5.74) is 7.79. The molecule has 0 saturated heterocycles. The van der Waals surface area contributed by atoms with Crippen molar-refractivity contribution in [2.24, 2.45) is 0 Å². The lowest BCUT2D eigenvalue weighted by molar-refractivity contribution is -0.121. The van der Waals surface area contributed by atoms with Crippen LogP contribution in [0.2, 0.25) is 0 Å². The molecule has 0 saturated carbocycles. The lowest BCUT2D eigenvalue weighted by Crippen LogP contribution is -2.26. The van der Waals surface area contributed by atoms with E-state index in [1.54, 1.807) is 19.2 Å². The highest BCUT2D eigenvalue weighted by molar-refractivity contribution is 5.92. The molecule has 0 fully saturated rings. The third-order valence-corrected chi connectivity index (χ3v) is 3.16. The molecule has 0 unspecified atom stereocenters. The Hall–Kier alpha value is -1.59. The molecule has 0 aliphatic heterocycles. The summed E-state index contributed by atoms with van der Waals surface area (Å²) in [7, 11) is 1.66. The van der Waals surface area contributed by atoms with Crippen LogP contribution in [0.1, 0.15) is 25.8 Å². The second-order valence-corrected chi connectivity index (χ2v) is 5.39. The fourth-order valence-corrected chi connectivity index (χ4v) is 1.60. The number of carbonyl (C=O) groups excluding carboxylic acids is 1. The normalized spacial score (nSPS) is 11.4. The van der Waals surface area contributed by atoms with E-state index >= 15 is 0 Å². The van der Waals surface area contributed by atoms with Crippen molar-refractivity contribution in [1.82, 2.24) is 0 Å². The van der Waals surface area contributed by atoms with E-state index in [1.807, 2.05) is 26.8 Å². The molecular weight excluding hydrogens is 256 g/mol. The van der Waals surface area contributed by atoms with Crippen LogP contribution >= 0.6 is 0 Å². The van der Waals surface area contributed by atoms with E-state index in [9.17, 15) is 4.79 Å². The number of aryl methyl sites for hydroxylation is 1. The number of amides is 1. The fraction of sp³-hybridized carbons (Fsp3) is 0.533. The summed E-state index contributed by atoms with van der Waals surface area (Å²) in [4.78, 5) is 11.7. The Morgan fingerprint density at radius 3 is 2.70 bits per heavy atom. The second-order valence-electron chi connectivity index (χ2n) is 5.39. The number of hydrogen-bond acceptors (Lipinski definition) is 4. The Morgan fingerprint density at radius 1 is 1.40 bits per heavy atom. The van der Waals surface area contributed by atoms with Gasteiger partial charge in [-0.25, -0.2) is 0 Å². The van der Waals surface area contributed by atoms with Crippen molar-refractivity contribution in [3.05, 3.63) is 23.8 Å². The number of rotatable bonds is 7. The highest BCUT2D eigenvalue weighted by atomic mass is 16.5. The van der Waals surface area contributed by atoms with Crippen molar-refractivity contribution >= 4 is 17.3 Å². The molecule has 5 heteroatoms. The Balaban J connectivity index is 2.34. The number of methoxy groups -OCH3 is 1. The maximum absolute atomic E-state index is 11.7. The van der Waals surface area contributed by atoms with Gasteiger partial charge in [0.15, 0.2) is 0 Å². The molecule has 0 aliphatic carbocycles. The third-order valence-electron chi connectivity index (χ3n) is 3.16. The SMILES string of the molecule is COC(C)(C)CCOCC(=O)Nc1ccc(N)cc1C. The molecule has 0 heterocycles. The van der Waals surface area contributed by atoms with Crippen LogP contribution < -0.4 is 11.1 Å². The molecule has 5 nitrogen and oxygen atoms in total. The van der Waals surface area contributed by atoms with Crippen molar-refractivity contribution in [3.8, 4) is 0 Å². The van der Waals surface area contributed by atoms with E-state index in [-0.39, 0.29) is 18.1 Å². The van der Waals surface area contributed by atoms with Gasteiger partial charge in [0.1, 0.15) is 6.61 Å². The predicted octanol–water partition coefficient (Wildman–Crippen LogP) is 2.35. The molecule has 0 aliphatic rings. The summed E-state index contributed by atoms with van der Waals surface area (Å²) in [6.07, 6.45) is 0.734.